The van der Waals surface area contributed by atoms with Crippen LogP contribution in [0.1, 0.15) is 39.2 Å². The van der Waals surface area contributed by atoms with E-state index in [0.29, 0.717) is 5.92 Å². The van der Waals surface area contributed by atoms with Crippen molar-refractivity contribution in [2.45, 2.75) is 45.0 Å². The zero-order valence-corrected chi connectivity index (χ0v) is 15.8. The second-order valence-corrected chi connectivity index (χ2v) is 9.01. The number of nitrogens with zero attached hydrogens (tertiary/aromatic N) is 1. The fraction of sp³-hybridized carbons (Fsp3) is 0.550. The third-order valence-electron chi connectivity index (χ3n) is 6.52. The van der Waals surface area contributed by atoms with Gasteiger partial charge in [0.15, 0.2) is 0 Å². The van der Waals surface area contributed by atoms with Crippen LogP contribution in [0.5, 0.6) is 0 Å². The van der Waals surface area contributed by atoms with E-state index in [1.807, 2.05) is 42.5 Å². The SMILES string of the molecule is CO[C@@H]1[C@H]([S@@](=O)/N=C/C=C/c2ccccc2)[C@H]2CC[C@]1(C)C2(C)C. The van der Waals surface area contributed by atoms with E-state index in [1.54, 1.807) is 13.3 Å². The molecule has 0 spiro atoms. The zero-order chi connectivity index (χ0) is 17.4. The van der Waals surface area contributed by atoms with Crippen molar-refractivity contribution < 1.29 is 8.95 Å². The molecule has 24 heavy (non-hydrogen) atoms. The maximum Gasteiger partial charge on any atom is 0.145 e. The van der Waals surface area contributed by atoms with Gasteiger partial charge in [-0.1, -0.05) is 57.2 Å². The number of benzene rings is 1. The molecule has 2 fully saturated rings. The number of hydrogen-bond acceptors (Lipinski definition) is 2. The number of ether oxygens (including phenoxy) is 1. The van der Waals surface area contributed by atoms with Gasteiger partial charge < -0.3 is 4.74 Å². The summed E-state index contributed by atoms with van der Waals surface area (Å²) in [5, 5.41) is -0.00914. The minimum absolute atomic E-state index is 0.00914. The van der Waals surface area contributed by atoms with Gasteiger partial charge >= 0.3 is 0 Å². The van der Waals surface area contributed by atoms with Crippen LogP contribution in [0.4, 0.5) is 0 Å². The molecule has 0 aromatic heterocycles. The molecule has 3 nitrogen and oxygen atoms in total. The molecule has 5 atom stereocenters. The van der Waals surface area contributed by atoms with E-state index < -0.39 is 11.0 Å². The molecule has 130 valence electrons. The summed E-state index contributed by atoms with van der Waals surface area (Å²) in [6, 6.07) is 10.0. The Balaban J connectivity index is 1.73. The van der Waals surface area contributed by atoms with E-state index in [2.05, 4.69) is 25.2 Å². The van der Waals surface area contributed by atoms with Crippen molar-refractivity contribution >= 4 is 23.3 Å². The normalized spacial score (nSPS) is 35.9. The van der Waals surface area contributed by atoms with Crippen LogP contribution >= 0.6 is 0 Å². The van der Waals surface area contributed by atoms with Crippen molar-refractivity contribution in [3.05, 3.63) is 42.0 Å². The molecule has 4 heteroatoms. The molecule has 0 N–H and O–H groups in total. The highest BCUT2D eigenvalue weighted by molar-refractivity contribution is 7.84. The lowest BCUT2D eigenvalue weighted by Crippen LogP contribution is -2.42. The monoisotopic (exact) mass is 345 g/mol. The molecule has 0 saturated heterocycles. The fourth-order valence-corrected chi connectivity index (χ4v) is 6.45. The van der Waals surface area contributed by atoms with Crippen molar-refractivity contribution in [3.8, 4) is 0 Å². The summed E-state index contributed by atoms with van der Waals surface area (Å²) in [5.74, 6) is 0.406. The van der Waals surface area contributed by atoms with Gasteiger partial charge in [0.05, 0.1) is 11.4 Å². The van der Waals surface area contributed by atoms with Crippen molar-refractivity contribution in [1.82, 2.24) is 0 Å². The average Bonchev–Trinajstić information content (AvgIpc) is 2.90. The first-order valence-corrected chi connectivity index (χ1v) is 9.78. The van der Waals surface area contributed by atoms with Crippen LogP contribution in [0.3, 0.4) is 0 Å². The topological polar surface area (TPSA) is 38.7 Å². The zero-order valence-electron chi connectivity index (χ0n) is 14.9. The highest BCUT2D eigenvalue weighted by Crippen LogP contribution is 2.67. The van der Waals surface area contributed by atoms with E-state index in [4.69, 9.17) is 4.74 Å². The summed E-state index contributed by atoms with van der Waals surface area (Å²) >= 11 is 0. The van der Waals surface area contributed by atoms with Crippen LogP contribution in [-0.4, -0.2) is 28.9 Å². The number of rotatable bonds is 5. The molecule has 0 radical (unpaired) electrons. The third kappa shape index (κ3) is 2.70. The van der Waals surface area contributed by atoms with Crippen molar-refractivity contribution in [2.75, 3.05) is 7.11 Å². The first-order valence-electron chi connectivity index (χ1n) is 8.61. The predicted molar refractivity (Wildman–Crippen MR) is 101 cm³/mol. The van der Waals surface area contributed by atoms with Gasteiger partial charge in [0.1, 0.15) is 11.0 Å². The summed E-state index contributed by atoms with van der Waals surface area (Å²) in [5.41, 5.74) is 1.34. The fourth-order valence-electron chi connectivity index (χ4n) is 4.74. The molecular weight excluding hydrogens is 318 g/mol. The Labute approximate surface area is 147 Å². The molecule has 2 saturated carbocycles. The highest BCUT2D eigenvalue weighted by Gasteiger charge is 2.68. The van der Waals surface area contributed by atoms with E-state index in [9.17, 15) is 4.21 Å². The first kappa shape index (κ1) is 17.6. The number of hydrogen-bond donors (Lipinski definition) is 0. The molecule has 0 aliphatic heterocycles. The Morgan fingerprint density at radius 2 is 1.96 bits per heavy atom. The summed E-state index contributed by atoms with van der Waals surface area (Å²) in [6.07, 6.45) is 7.78. The quantitative estimate of drug-likeness (QED) is 0.747. The molecule has 0 unspecified atom stereocenters. The Bertz CT molecular complexity index is 667. The summed E-state index contributed by atoms with van der Waals surface area (Å²) in [4.78, 5) is 0. The van der Waals surface area contributed by atoms with Crippen LogP contribution in [0, 0.1) is 16.7 Å². The smallest absolute Gasteiger partial charge is 0.145 e. The minimum atomic E-state index is -1.26. The highest BCUT2D eigenvalue weighted by atomic mass is 32.2. The Morgan fingerprint density at radius 3 is 2.62 bits per heavy atom. The molecule has 2 bridgehead atoms. The molecule has 0 amide bonds. The van der Waals surface area contributed by atoms with Gasteiger partial charge in [-0.2, -0.15) is 4.40 Å². The number of fused-ring (bicyclic) bond motifs is 2. The second kappa shape index (κ2) is 6.57. The Hall–Kier alpha value is -1.26. The molecular formula is C20H27NO2S. The van der Waals surface area contributed by atoms with Crippen LogP contribution in [0.15, 0.2) is 40.8 Å². The second-order valence-electron chi connectivity index (χ2n) is 7.71. The van der Waals surface area contributed by atoms with Crippen molar-refractivity contribution in [3.63, 3.8) is 0 Å². The Kier molecular flexibility index (Phi) is 4.80. The predicted octanol–water partition coefficient (Wildman–Crippen LogP) is 4.27. The van der Waals surface area contributed by atoms with E-state index >= 15 is 0 Å². The lowest BCUT2D eigenvalue weighted by molar-refractivity contribution is -0.0181. The van der Waals surface area contributed by atoms with E-state index in [-0.39, 0.29) is 22.2 Å². The third-order valence-corrected chi connectivity index (χ3v) is 7.89. The van der Waals surface area contributed by atoms with Crippen LogP contribution in [-0.2, 0) is 15.7 Å². The van der Waals surface area contributed by atoms with E-state index in [1.165, 1.54) is 0 Å². The van der Waals surface area contributed by atoms with Crippen LogP contribution in [0.2, 0.25) is 0 Å². The minimum Gasteiger partial charge on any atom is -0.380 e. The summed E-state index contributed by atoms with van der Waals surface area (Å²) < 4.78 is 23.0. The van der Waals surface area contributed by atoms with Gasteiger partial charge in [0.25, 0.3) is 0 Å². The van der Waals surface area contributed by atoms with Gasteiger partial charge in [-0.3, -0.25) is 0 Å². The summed E-state index contributed by atoms with van der Waals surface area (Å²) in [6.45, 7) is 6.89. The van der Waals surface area contributed by atoms with Gasteiger partial charge in [0, 0.05) is 18.7 Å². The molecule has 2 aliphatic rings. The maximum atomic E-state index is 12.8. The van der Waals surface area contributed by atoms with E-state index in [0.717, 1.165) is 18.4 Å². The largest absolute Gasteiger partial charge is 0.380 e. The lowest BCUT2D eigenvalue weighted by Gasteiger charge is -2.38. The summed E-state index contributed by atoms with van der Waals surface area (Å²) in [7, 11) is 0.484. The molecule has 3 rings (SSSR count). The van der Waals surface area contributed by atoms with Gasteiger partial charge in [0.2, 0.25) is 0 Å². The van der Waals surface area contributed by atoms with Crippen molar-refractivity contribution in [2.24, 2.45) is 21.1 Å². The maximum absolute atomic E-state index is 12.8. The number of allylic oxidation sites excluding steroid dienone is 1. The number of methoxy groups -OCH3 is 1. The van der Waals surface area contributed by atoms with Gasteiger partial charge in [-0.25, -0.2) is 4.21 Å². The Morgan fingerprint density at radius 1 is 1.25 bits per heavy atom. The molecule has 0 heterocycles. The van der Waals surface area contributed by atoms with Crippen LogP contribution in [0.25, 0.3) is 6.08 Å². The first-order chi connectivity index (χ1) is 11.4. The molecule has 2 aliphatic carbocycles. The molecule has 1 aromatic carbocycles. The van der Waals surface area contributed by atoms with Crippen LogP contribution < -0.4 is 0 Å². The van der Waals surface area contributed by atoms with Gasteiger partial charge in [-0.15, -0.1) is 0 Å². The van der Waals surface area contributed by atoms with Crippen molar-refractivity contribution in [1.29, 1.82) is 0 Å². The molecule has 1 aromatic rings. The lowest BCUT2D eigenvalue weighted by atomic mass is 9.70. The average molecular weight is 346 g/mol. The standard InChI is InChI=1S/C20H27NO2S/c1-19(2)16-12-13-20(19,3)18(23-4)17(16)24(22)21-14-8-11-15-9-6-5-7-10-15/h5-11,14,16-18H,12-13H2,1-4H3/b11-8+,21-14+/t16-,17-,18-,20+,24-/m1/s1. The van der Waals surface area contributed by atoms with Gasteiger partial charge in [-0.05, 0) is 35.8 Å².